The number of benzene rings is 2. The van der Waals surface area contributed by atoms with E-state index in [0.717, 1.165) is 29.1 Å². The number of hydrogen-bond acceptors (Lipinski definition) is 0. The summed E-state index contributed by atoms with van der Waals surface area (Å²) in [5.74, 6) is 2.65. The molecule has 0 N–H and O–H groups in total. The Bertz CT molecular complexity index is 831. The van der Waals surface area contributed by atoms with E-state index in [0.29, 0.717) is 10.6 Å². The van der Waals surface area contributed by atoms with Gasteiger partial charge in [-0.1, -0.05) is 123 Å². The summed E-state index contributed by atoms with van der Waals surface area (Å²) in [6, 6.07) is 22.8. The summed E-state index contributed by atoms with van der Waals surface area (Å²) in [6.07, 6.45) is 5.73. The van der Waals surface area contributed by atoms with Gasteiger partial charge >= 0.3 is 0 Å². The first-order chi connectivity index (χ1) is 15.1. The minimum atomic E-state index is -0.317. The fourth-order valence-corrected chi connectivity index (χ4v) is 15.6. The van der Waals surface area contributed by atoms with Crippen molar-refractivity contribution in [2.75, 3.05) is 6.16 Å². The molecule has 0 aromatic heterocycles. The van der Waals surface area contributed by atoms with Crippen molar-refractivity contribution in [3.05, 3.63) is 60.7 Å². The maximum Gasteiger partial charge on any atom is -0.00883 e. The lowest BCUT2D eigenvalue weighted by atomic mass is 9.75. The summed E-state index contributed by atoms with van der Waals surface area (Å²) in [4.78, 5) is 0. The number of hydrogen-bond donors (Lipinski definition) is 0. The Hall–Kier alpha value is -0.700. The van der Waals surface area contributed by atoms with Crippen LogP contribution in [-0.4, -0.2) is 22.6 Å². The fourth-order valence-electron chi connectivity index (χ4n) is 6.59. The third kappa shape index (κ3) is 4.37. The third-order valence-electron chi connectivity index (χ3n) is 9.23. The van der Waals surface area contributed by atoms with Crippen molar-refractivity contribution in [3.8, 4) is 0 Å². The van der Waals surface area contributed by atoms with Crippen molar-refractivity contribution in [2.45, 2.75) is 84.2 Å². The van der Waals surface area contributed by atoms with Crippen LogP contribution in [0.4, 0.5) is 0 Å². The molecule has 4 rings (SSSR count). The zero-order valence-electron chi connectivity index (χ0n) is 21.4. The largest absolute Gasteiger partial charge is 0.0927 e. The second-order valence-electron chi connectivity index (χ2n) is 11.9. The Balaban J connectivity index is 1.70. The van der Waals surface area contributed by atoms with Crippen LogP contribution in [0.1, 0.15) is 67.7 Å². The Kier molecular flexibility index (Phi) is 7.26. The molecule has 174 valence electrons. The Morgan fingerprint density at radius 3 is 1.91 bits per heavy atom. The van der Waals surface area contributed by atoms with Gasteiger partial charge in [0.2, 0.25) is 0 Å². The molecular formula is C30H44P2. The Morgan fingerprint density at radius 2 is 1.41 bits per heavy atom. The zero-order chi connectivity index (χ0) is 23.1. The highest BCUT2D eigenvalue weighted by atomic mass is 31.1. The predicted octanol–water partition coefficient (Wildman–Crippen LogP) is 8.25. The molecule has 2 aliphatic rings. The van der Waals surface area contributed by atoms with Gasteiger partial charge < -0.3 is 0 Å². The molecule has 0 bridgehead atoms. The number of rotatable bonds is 6. The van der Waals surface area contributed by atoms with E-state index in [1.54, 1.807) is 10.6 Å². The van der Waals surface area contributed by atoms with Gasteiger partial charge in [-0.2, -0.15) is 0 Å². The molecule has 0 radical (unpaired) electrons. The van der Waals surface area contributed by atoms with E-state index in [-0.39, 0.29) is 15.8 Å². The normalized spacial score (nSPS) is 31.5. The van der Waals surface area contributed by atoms with Gasteiger partial charge in [0.1, 0.15) is 0 Å². The summed E-state index contributed by atoms with van der Waals surface area (Å²) in [5.41, 5.74) is 2.21. The van der Waals surface area contributed by atoms with Crippen LogP contribution in [0, 0.1) is 23.2 Å². The molecule has 32 heavy (non-hydrogen) atoms. The summed E-state index contributed by atoms with van der Waals surface area (Å²) in [7, 11) is -0.323. The SMILES string of the molecule is CC(C)[C@@H]1CC[C@@H](C)C[C@H]1[P@@]1[C@@H](CP(c2ccccc2)c2ccccc2)C(C)(C)C1(C)C. The van der Waals surface area contributed by atoms with Crippen molar-refractivity contribution in [1.82, 2.24) is 0 Å². The van der Waals surface area contributed by atoms with Gasteiger partial charge in [0.05, 0.1) is 0 Å². The van der Waals surface area contributed by atoms with Gasteiger partial charge in [0.15, 0.2) is 0 Å². The average molecular weight is 467 g/mol. The van der Waals surface area contributed by atoms with Gasteiger partial charge in [-0.05, 0) is 77.2 Å². The summed E-state index contributed by atoms with van der Waals surface area (Å²) in [5, 5.41) is 3.58. The van der Waals surface area contributed by atoms with Gasteiger partial charge in [-0.25, -0.2) is 0 Å². The quantitative estimate of drug-likeness (QED) is 0.376. The lowest BCUT2D eigenvalue weighted by Gasteiger charge is -2.70. The summed E-state index contributed by atoms with van der Waals surface area (Å²) in [6.45, 7) is 18.0. The minimum absolute atomic E-state index is 0.00603. The van der Waals surface area contributed by atoms with Crippen LogP contribution in [0.3, 0.4) is 0 Å². The summed E-state index contributed by atoms with van der Waals surface area (Å²) < 4.78 is 0. The van der Waals surface area contributed by atoms with Crippen LogP contribution in [0.5, 0.6) is 0 Å². The van der Waals surface area contributed by atoms with E-state index in [4.69, 9.17) is 0 Å². The molecule has 1 saturated carbocycles. The van der Waals surface area contributed by atoms with Crippen molar-refractivity contribution < 1.29 is 0 Å². The molecule has 0 spiro atoms. The van der Waals surface area contributed by atoms with E-state index in [9.17, 15) is 0 Å². The zero-order valence-corrected chi connectivity index (χ0v) is 23.2. The van der Waals surface area contributed by atoms with E-state index >= 15 is 0 Å². The van der Waals surface area contributed by atoms with Crippen LogP contribution in [0.15, 0.2) is 60.7 Å². The minimum Gasteiger partial charge on any atom is -0.0927 e. The summed E-state index contributed by atoms with van der Waals surface area (Å²) >= 11 is 0. The molecule has 1 aliphatic heterocycles. The van der Waals surface area contributed by atoms with E-state index in [2.05, 4.69) is 109 Å². The molecule has 2 aromatic rings. The molecule has 2 heteroatoms. The highest BCUT2D eigenvalue weighted by molar-refractivity contribution is 7.74. The van der Waals surface area contributed by atoms with Gasteiger partial charge in [-0.15, -0.1) is 0 Å². The Morgan fingerprint density at radius 1 is 0.875 bits per heavy atom. The second kappa shape index (κ2) is 9.51. The predicted molar refractivity (Wildman–Crippen MR) is 148 cm³/mol. The molecular weight excluding hydrogens is 422 g/mol. The lowest BCUT2D eigenvalue weighted by Crippen LogP contribution is -2.62. The van der Waals surface area contributed by atoms with Crippen LogP contribution in [0.25, 0.3) is 0 Å². The molecule has 2 fully saturated rings. The molecule has 1 heterocycles. The lowest BCUT2D eigenvalue weighted by molar-refractivity contribution is 0.194. The van der Waals surface area contributed by atoms with Gasteiger partial charge in [-0.3, -0.25) is 0 Å². The van der Waals surface area contributed by atoms with Gasteiger partial charge in [0, 0.05) is 0 Å². The second-order valence-corrected chi connectivity index (χ2v) is 17.4. The van der Waals surface area contributed by atoms with E-state index in [1.165, 1.54) is 25.4 Å². The molecule has 0 nitrogen and oxygen atoms in total. The highest BCUT2D eigenvalue weighted by Gasteiger charge is 2.64. The van der Waals surface area contributed by atoms with Crippen LogP contribution in [-0.2, 0) is 0 Å². The fraction of sp³-hybridized carbons (Fsp3) is 0.600. The van der Waals surface area contributed by atoms with Crippen LogP contribution >= 0.6 is 15.8 Å². The van der Waals surface area contributed by atoms with Crippen LogP contribution < -0.4 is 10.6 Å². The molecule has 2 aromatic carbocycles. The van der Waals surface area contributed by atoms with E-state index in [1.807, 2.05) is 0 Å². The highest BCUT2D eigenvalue weighted by Crippen LogP contribution is 2.81. The molecule has 1 saturated heterocycles. The maximum atomic E-state index is 2.62. The van der Waals surface area contributed by atoms with Crippen molar-refractivity contribution in [2.24, 2.45) is 23.2 Å². The topological polar surface area (TPSA) is 0 Å². The first-order valence-electron chi connectivity index (χ1n) is 12.8. The molecule has 1 aliphatic carbocycles. The Labute approximate surface area is 200 Å². The van der Waals surface area contributed by atoms with Crippen LogP contribution in [0.2, 0.25) is 0 Å². The maximum absolute atomic E-state index is 2.62. The van der Waals surface area contributed by atoms with Gasteiger partial charge in [0.25, 0.3) is 0 Å². The monoisotopic (exact) mass is 466 g/mol. The third-order valence-corrected chi connectivity index (χ3v) is 16.8. The first-order valence-corrected chi connectivity index (χ1v) is 15.8. The molecule has 5 atom stereocenters. The van der Waals surface area contributed by atoms with Crippen molar-refractivity contribution >= 4 is 26.5 Å². The molecule has 0 unspecified atom stereocenters. The standard InChI is InChI=1S/C30H44P2/c1-22(2)26-19-18-23(3)20-27(26)32-28(29(4,5)30(32,6)7)21-31(24-14-10-8-11-15-24)25-16-12-9-13-17-25/h8-17,22-23,26-28H,18-21H2,1-7H3/t23-,26+,27-,28+,32+/m1/s1. The van der Waals surface area contributed by atoms with Crippen molar-refractivity contribution in [1.29, 1.82) is 0 Å². The average Bonchev–Trinajstić information content (AvgIpc) is 2.77. The smallest absolute Gasteiger partial charge is 0.00883 e. The van der Waals surface area contributed by atoms with Crippen molar-refractivity contribution in [3.63, 3.8) is 0 Å². The first kappa shape index (κ1) is 24.4. The van der Waals surface area contributed by atoms with E-state index < -0.39 is 0 Å². The molecule has 0 amide bonds.